The molecule has 1 saturated heterocycles. The molecule has 2 aromatic carbocycles. The topological polar surface area (TPSA) is 66.5 Å². The Bertz CT molecular complexity index is 1000. The highest BCUT2D eigenvalue weighted by Gasteiger charge is 2.36. The molecule has 2 aliphatic heterocycles. The van der Waals surface area contributed by atoms with Crippen molar-refractivity contribution >= 4 is 15.7 Å². The predicted octanol–water partition coefficient (Wildman–Crippen LogP) is 2.54. The van der Waals surface area contributed by atoms with Crippen molar-refractivity contribution in [1.29, 1.82) is 0 Å². The largest absolute Gasteiger partial charge is 0.352 e. The van der Waals surface area contributed by atoms with Crippen molar-refractivity contribution < 1.29 is 13.2 Å². The van der Waals surface area contributed by atoms with E-state index in [1.54, 1.807) is 25.1 Å². The lowest BCUT2D eigenvalue weighted by Gasteiger charge is -2.17. The van der Waals surface area contributed by atoms with E-state index in [9.17, 15) is 13.2 Å². The number of nitrogens with one attached hydrogen (secondary N) is 1. The molecule has 1 N–H and O–H groups in total. The number of hydrogen-bond acceptors (Lipinski definition) is 4. The molecule has 0 aromatic heterocycles. The Labute approximate surface area is 160 Å². The van der Waals surface area contributed by atoms with Crippen molar-refractivity contribution in [3.05, 3.63) is 53.6 Å². The summed E-state index contributed by atoms with van der Waals surface area (Å²) < 4.78 is 24.4. The van der Waals surface area contributed by atoms with Gasteiger partial charge in [-0.15, -0.1) is 0 Å². The summed E-state index contributed by atoms with van der Waals surface area (Å²) in [6.07, 6.45) is 0. The van der Waals surface area contributed by atoms with Gasteiger partial charge in [-0.2, -0.15) is 0 Å². The fourth-order valence-corrected chi connectivity index (χ4v) is 5.18. The molecule has 1 amide bonds. The summed E-state index contributed by atoms with van der Waals surface area (Å²) in [6, 6.07) is 12.9. The molecule has 0 radical (unpaired) electrons. The van der Waals surface area contributed by atoms with Crippen LogP contribution in [0, 0.1) is 5.92 Å². The quantitative estimate of drug-likeness (QED) is 0.883. The summed E-state index contributed by atoms with van der Waals surface area (Å²) >= 11 is 0. The summed E-state index contributed by atoms with van der Waals surface area (Å²) in [4.78, 5) is 15.3. The van der Waals surface area contributed by atoms with Crippen LogP contribution in [0.1, 0.15) is 28.8 Å². The highest BCUT2D eigenvalue weighted by Crippen LogP contribution is 2.37. The van der Waals surface area contributed by atoms with E-state index in [1.807, 2.05) is 24.3 Å². The second kappa shape index (κ2) is 6.77. The summed E-state index contributed by atoms with van der Waals surface area (Å²) in [7, 11) is -1.15. The molecule has 0 saturated carbocycles. The highest BCUT2D eigenvalue weighted by molar-refractivity contribution is 7.91. The minimum Gasteiger partial charge on any atom is -0.352 e. The van der Waals surface area contributed by atoms with Gasteiger partial charge in [0.25, 0.3) is 5.91 Å². The van der Waals surface area contributed by atoms with Crippen LogP contribution in [0.5, 0.6) is 0 Å². The third-order valence-corrected chi connectivity index (χ3v) is 7.48. The van der Waals surface area contributed by atoms with E-state index in [0.29, 0.717) is 28.8 Å². The SMILES string of the molecule is CCS(=O)(=O)c1cccc(-c2ccc3c(c2)C(=O)NC[C@H]2CN(C)C[C@H]32)c1. The van der Waals surface area contributed by atoms with Crippen molar-refractivity contribution in [2.45, 2.75) is 17.7 Å². The summed E-state index contributed by atoms with van der Waals surface area (Å²) in [5, 5.41) is 3.05. The van der Waals surface area contributed by atoms with Gasteiger partial charge in [-0.25, -0.2) is 8.42 Å². The number of carbonyl (C=O) groups is 1. The predicted molar refractivity (Wildman–Crippen MR) is 106 cm³/mol. The van der Waals surface area contributed by atoms with Gasteiger partial charge in [-0.05, 0) is 47.9 Å². The van der Waals surface area contributed by atoms with E-state index in [0.717, 1.165) is 29.8 Å². The van der Waals surface area contributed by atoms with Crippen LogP contribution in [0.4, 0.5) is 0 Å². The molecule has 5 nitrogen and oxygen atoms in total. The fourth-order valence-electron chi connectivity index (χ4n) is 4.26. The second-order valence-corrected chi connectivity index (χ2v) is 9.81. The lowest BCUT2D eigenvalue weighted by atomic mass is 9.86. The van der Waals surface area contributed by atoms with Gasteiger partial charge in [0.1, 0.15) is 0 Å². The molecule has 0 bridgehead atoms. The monoisotopic (exact) mass is 384 g/mol. The van der Waals surface area contributed by atoms with Gasteiger partial charge >= 0.3 is 0 Å². The smallest absolute Gasteiger partial charge is 0.251 e. The van der Waals surface area contributed by atoms with Gasteiger partial charge in [0, 0.05) is 31.1 Å². The van der Waals surface area contributed by atoms with Gasteiger partial charge in [0.2, 0.25) is 0 Å². The van der Waals surface area contributed by atoms with Crippen LogP contribution < -0.4 is 5.32 Å². The maximum absolute atomic E-state index is 12.7. The Morgan fingerprint density at radius 1 is 1.11 bits per heavy atom. The molecular weight excluding hydrogens is 360 g/mol. The van der Waals surface area contributed by atoms with Crippen LogP contribution in [0.25, 0.3) is 11.1 Å². The zero-order chi connectivity index (χ0) is 19.2. The fraction of sp³-hybridized carbons (Fsp3) is 0.381. The number of likely N-dealkylation sites (N-methyl/N-ethyl adjacent to an activating group) is 1. The third kappa shape index (κ3) is 3.28. The molecule has 2 heterocycles. The lowest BCUT2D eigenvalue weighted by Crippen LogP contribution is -2.29. The number of hydrogen-bond donors (Lipinski definition) is 1. The minimum atomic E-state index is -3.27. The van der Waals surface area contributed by atoms with Crippen LogP contribution in [-0.2, 0) is 9.84 Å². The van der Waals surface area contributed by atoms with Crippen LogP contribution in [-0.4, -0.2) is 51.7 Å². The maximum Gasteiger partial charge on any atom is 0.251 e. The second-order valence-electron chi connectivity index (χ2n) is 7.53. The first-order chi connectivity index (χ1) is 12.9. The van der Waals surface area contributed by atoms with Gasteiger partial charge in [-0.3, -0.25) is 4.79 Å². The van der Waals surface area contributed by atoms with Crippen molar-refractivity contribution in [1.82, 2.24) is 10.2 Å². The summed E-state index contributed by atoms with van der Waals surface area (Å²) in [5.74, 6) is 0.815. The number of sulfone groups is 1. The molecule has 2 aliphatic rings. The van der Waals surface area contributed by atoms with Gasteiger partial charge in [0.15, 0.2) is 9.84 Å². The van der Waals surface area contributed by atoms with E-state index in [2.05, 4.69) is 17.3 Å². The Morgan fingerprint density at radius 3 is 2.67 bits per heavy atom. The zero-order valence-corrected chi connectivity index (χ0v) is 16.4. The number of carbonyl (C=O) groups excluding carboxylic acids is 1. The van der Waals surface area contributed by atoms with E-state index < -0.39 is 9.84 Å². The van der Waals surface area contributed by atoms with Gasteiger partial charge in [-0.1, -0.05) is 31.2 Å². The van der Waals surface area contributed by atoms with Crippen molar-refractivity contribution in [2.24, 2.45) is 5.92 Å². The summed E-state index contributed by atoms with van der Waals surface area (Å²) in [6.45, 7) is 4.28. The molecule has 4 rings (SSSR count). The molecule has 0 unspecified atom stereocenters. The molecule has 0 aliphatic carbocycles. The average Bonchev–Trinajstić information content (AvgIpc) is 3.00. The van der Waals surface area contributed by atoms with E-state index >= 15 is 0 Å². The first-order valence-electron chi connectivity index (χ1n) is 9.33. The number of rotatable bonds is 3. The molecule has 1 fully saturated rings. The highest BCUT2D eigenvalue weighted by atomic mass is 32.2. The Balaban J connectivity index is 1.77. The van der Waals surface area contributed by atoms with Gasteiger partial charge < -0.3 is 10.2 Å². The van der Waals surface area contributed by atoms with Crippen molar-refractivity contribution in [3.63, 3.8) is 0 Å². The molecule has 2 aromatic rings. The Morgan fingerprint density at radius 2 is 1.89 bits per heavy atom. The lowest BCUT2D eigenvalue weighted by molar-refractivity contribution is 0.0951. The van der Waals surface area contributed by atoms with Crippen LogP contribution in [0.3, 0.4) is 0 Å². The molecule has 2 atom stereocenters. The number of nitrogens with zero attached hydrogens (tertiary/aromatic N) is 1. The van der Waals surface area contributed by atoms with Crippen molar-refractivity contribution in [2.75, 3.05) is 32.4 Å². The number of benzene rings is 2. The molecule has 142 valence electrons. The molecular formula is C21H24N2O3S. The molecule has 0 spiro atoms. The molecule has 6 heteroatoms. The third-order valence-electron chi connectivity index (χ3n) is 5.75. The van der Waals surface area contributed by atoms with Crippen LogP contribution >= 0.6 is 0 Å². The van der Waals surface area contributed by atoms with E-state index in [4.69, 9.17) is 0 Å². The van der Waals surface area contributed by atoms with Crippen molar-refractivity contribution in [3.8, 4) is 11.1 Å². The van der Waals surface area contributed by atoms with Crippen LogP contribution in [0.2, 0.25) is 0 Å². The normalized spacial score (nSPS) is 22.7. The minimum absolute atomic E-state index is 0.0405. The summed E-state index contributed by atoms with van der Waals surface area (Å²) in [5.41, 5.74) is 3.48. The number of amides is 1. The Kier molecular flexibility index (Phi) is 4.56. The standard InChI is InChI=1S/C21H24N2O3S/c1-3-27(25,26)17-6-4-5-14(9-17)15-7-8-18-19(10-15)21(24)22-11-16-12-23(2)13-20(16)18/h4-10,16,20H,3,11-13H2,1-2H3,(H,22,24)/t16-,20-/m0/s1. The van der Waals surface area contributed by atoms with E-state index in [1.165, 1.54) is 0 Å². The first-order valence-corrected chi connectivity index (χ1v) is 11.0. The zero-order valence-electron chi connectivity index (χ0n) is 15.6. The van der Waals surface area contributed by atoms with Gasteiger partial charge in [0.05, 0.1) is 10.6 Å². The Hall–Kier alpha value is -2.18. The van der Waals surface area contributed by atoms with E-state index in [-0.39, 0.29) is 11.7 Å². The average molecular weight is 385 g/mol. The molecule has 27 heavy (non-hydrogen) atoms. The number of likely N-dealkylation sites (tertiary alicyclic amines) is 1. The maximum atomic E-state index is 12.7. The number of fused-ring (bicyclic) bond motifs is 3. The first kappa shape index (κ1) is 18.2. The van der Waals surface area contributed by atoms with Crippen LogP contribution in [0.15, 0.2) is 47.4 Å².